The summed E-state index contributed by atoms with van der Waals surface area (Å²) in [6.07, 6.45) is 11.0. The molecule has 4 rings (SSSR count). The molecule has 0 amide bonds. The molecule has 1 atom stereocenters. The molecule has 3 aromatic rings. The van der Waals surface area contributed by atoms with Crippen LogP contribution in [0, 0.1) is 0 Å². The predicted octanol–water partition coefficient (Wildman–Crippen LogP) is 3.46. The lowest BCUT2D eigenvalue weighted by atomic mass is 10.0. The first-order valence-corrected chi connectivity index (χ1v) is 9.78. The lowest BCUT2D eigenvalue weighted by molar-refractivity contribution is 0.375. The molecule has 0 saturated carbocycles. The number of nitrogens with zero attached hydrogens (tertiary/aromatic N) is 4. The second kappa shape index (κ2) is 8.35. The zero-order valence-corrected chi connectivity index (χ0v) is 15.8. The van der Waals surface area contributed by atoms with Crippen molar-refractivity contribution in [2.24, 2.45) is 0 Å². The third kappa shape index (κ3) is 4.55. The van der Waals surface area contributed by atoms with Crippen LogP contribution in [0.1, 0.15) is 25.3 Å². The van der Waals surface area contributed by atoms with Crippen molar-refractivity contribution in [2.45, 2.75) is 38.3 Å². The van der Waals surface area contributed by atoms with Gasteiger partial charge < -0.3 is 10.2 Å². The Morgan fingerprint density at radius 2 is 1.81 bits per heavy atom. The quantitative estimate of drug-likeness (QED) is 0.730. The van der Waals surface area contributed by atoms with Crippen molar-refractivity contribution in [1.29, 1.82) is 0 Å². The van der Waals surface area contributed by atoms with Gasteiger partial charge >= 0.3 is 0 Å². The van der Waals surface area contributed by atoms with Gasteiger partial charge in [0.2, 0.25) is 0 Å². The van der Waals surface area contributed by atoms with Crippen molar-refractivity contribution < 1.29 is 0 Å². The van der Waals surface area contributed by atoms with Crippen molar-refractivity contribution in [2.75, 3.05) is 18.0 Å². The highest BCUT2D eigenvalue weighted by atomic mass is 15.3. The summed E-state index contributed by atoms with van der Waals surface area (Å²) in [7, 11) is 0. The third-order valence-corrected chi connectivity index (χ3v) is 5.26. The van der Waals surface area contributed by atoms with Crippen LogP contribution in [-0.2, 0) is 6.42 Å². The van der Waals surface area contributed by atoms with Gasteiger partial charge in [-0.25, -0.2) is 4.68 Å². The summed E-state index contributed by atoms with van der Waals surface area (Å²) in [5.74, 6) is 0. The molecule has 1 fully saturated rings. The number of piperidine rings is 1. The van der Waals surface area contributed by atoms with Gasteiger partial charge in [-0.05, 0) is 68.1 Å². The number of nitrogens with one attached hydrogen (secondary N) is 1. The fourth-order valence-electron chi connectivity index (χ4n) is 3.88. The van der Waals surface area contributed by atoms with Gasteiger partial charge in [0.1, 0.15) is 0 Å². The highest BCUT2D eigenvalue weighted by Crippen LogP contribution is 2.22. The fourth-order valence-corrected chi connectivity index (χ4v) is 3.88. The molecule has 2 aromatic heterocycles. The van der Waals surface area contributed by atoms with Crippen molar-refractivity contribution in [1.82, 2.24) is 20.1 Å². The summed E-state index contributed by atoms with van der Waals surface area (Å²) in [5.41, 5.74) is 3.70. The molecule has 0 radical (unpaired) electrons. The maximum atomic E-state index is 4.29. The van der Waals surface area contributed by atoms with E-state index in [9.17, 15) is 0 Å². The van der Waals surface area contributed by atoms with E-state index in [0.29, 0.717) is 12.1 Å². The van der Waals surface area contributed by atoms with Crippen LogP contribution in [0.25, 0.3) is 5.69 Å². The minimum Gasteiger partial charge on any atom is -0.371 e. The maximum absolute atomic E-state index is 4.29. The van der Waals surface area contributed by atoms with Crippen LogP contribution in [0.5, 0.6) is 0 Å². The van der Waals surface area contributed by atoms with Crippen LogP contribution in [0.3, 0.4) is 0 Å². The van der Waals surface area contributed by atoms with E-state index in [-0.39, 0.29) is 0 Å². The maximum Gasteiger partial charge on any atom is 0.0647 e. The molecule has 1 aliphatic rings. The molecule has 0 unspecified atom stereocenters. The van der Waals surface area contributed by atoms with Crippen LogP contribution in [0.15, 0.2) is 67.3 Å². The first kappa shape index (κ1) is 17.7. The van der Waals surface area contributed by atoms with Gasteiger partial charge in [0.05, 0.1) is 5.69 Å². The van der Waals surface area contributed by atoms with Crippen LogP contribution in [-0.4, -0.2) is 39.9 Å². The summed E-state index contributed by atoms with van der Waals surface area (Å²) in [4.78, 5) is 6.69. The standard InChI is InChI=1S/C22H27N5/c1-18(16-19-4-2-11-23-17-19)25-20-9-14-26(15-10-20)21-5-7-22(8-6-21)27-13-3-12-24-27/h2-8,11-13,17-18,20,25H,9-10,14-16H2,1H3/t18-/m0/s1. The molecule has 0 spiro atoms. The highest BCUT2D eigenvalue weighted by molar-refractivity contribution is 5.51. The first-order chi connectivity index (χ1) is 13.3. The average molecular weight is 361 g/mol. The zero-order valence-electron chi connectivity index (χ0n) is 15.8. The zero-order chi connectivity index (χ0) is 18.5. The summed E-state index contributed by atoms with van der Waals surface area (Å²) in [6.45, 7) is 4.46. The molecule has 27 heavy (non-hydrogen) atoms. The van der Waals surface area contributed by atoms with Crippen molar-refractivity contribution in [3.63, 3.8) is 0 Å². The van der Waals surface area contributed by atoms with E-state index < -0.39 is 0 Å². The predicted molar refractivity (Wildman–Crippen MR) is 109 cm³/mol. The molecule has 1 aromatic carbocycles. The molecule has 1 N–H and O–H groups in total. The largest absolute Gasteiger partial charge is 0.371 e. The summed E-state index contributed by atoms with van der Waals surface area (Å²) >= 11 is 0. The van der Waals surface area contributed by atoms with E-state index >= 15 is 0 Å². The first-order valence-electron chi connectivity index (χ1n) is 9.78. The number of hydrogen-bond donors (Lipinski definition) is 1. The van der Waals surface area contributed by atoms with Gasteiger partial charge in [0.25, 0.3) is 0 Å². The van der Waals surface area contributed by atoms with E-state index in [0.717, 1.165) is 25.2 Å². The molecule has 0 aliphatic carbocycles. The Hall–Kier alpha value is -2.66. The topological polar surface area (TPSA) is 46.0 Å². The Balaban J connectivity index is 1.27. The number of hydrogen-bond acceptors (Lipinski definition) is 4. The summed E-state index contributed by atoms with van der Waals surface area (Å²) in [5, 5.41) is 8.09. The van der Waals surface area contributed by atoms with E-state index in [1.807, 2.05) is 35.4 Å². The number of anilines is 1. The lowest BCUT2D eigenvalue weighted by Crippen LogP contribution is -2.46. The highest BCUT2D eigenvalue weighted by Gasteiger charge is 2.20. The molecule has 140 valence electrons. The van der Waals surface area contributed by atoms with Crippen LogP contribution >= 0.6 is 0 Å². The van der Waals surface area contributed by atoms with Gasteiger partial charge in [0, 0.05) is 55.6 Å². The number of rotatable bonds is 6. The molecule has 5 heteroatoms. The van der Waals surface area contributed by atoms with Crippen molar-refractivity contribution in [3.8, 4) is 5.69 Å². The second-order valence-corrected chi connectivity index (χ2v) is 7.36. The second-order valence-electron chi connectivity index (χ2n) is 7.36. The van der Waals surface area contributed by atoms with Gasteiger partial charge in [-0.3, -0.25) is 4.98 Å². The monoisotopic (exact) mass is 361 g/mol. The Morgan fingerprint density at radius 1 is 1.04 bits per heavy atom. The molecule has 1 aliphatic heterocycles. The smallest absolute Gasteiger partial charge is 0.0647 e. The number of benzene rings is 1. The summed E-state index contributed by atoms with van der Waals surface area (Å²) in [6, 6.07) is 15.9. The molecule has 1 saturated heterocycles. The van der Waals surface area contributed by atoms with Crippen molar-refractivity contribution in [3.05, 3.63) is 72.8 Å². The third-order valence-electron chi connectivity index (χ3n) is 5.26. The minimum atomic E-state index is 0.471. The molecular formula is C22H27N5. The molecular weight excluding hydrogens is 334 g/mol. The Morgan fingerprint density at radius 3 is 2.48 bits per heavy atom. The normalized spacial score (nSPS) is 16.4. The van der Waals surface area contributed by atoms with Gasteiger partial charge in [0.15, 0.2) is 0 Å². The van der Waals surface area contributed by atoms with Crippen molar-refractivity contribution >= 4 is 5.69 Å². The molecule has 3 heterocycles. The van der Waals surface area contributed by atoms with Crippen LogP contribution < -0.4 is 10.2 Å². The Kier molecular flexibility index (Phi) is 5.49. The van der Waals surface area contributed by atoms with Crippen LogP contribution in [0.4, 0.5) is 5.69 Å². The number of aromatic nitrogens is 3. The van der Waals surface area contributed by atoms with E-state index in [2.05, 4.69) is 57.6 Å². The summed E-state index contributed by atoms with van der Waals surface area (Å²) < 4.78 is 1.89. The van der Waals surface area contributed by atoms with E-state index in [1.165, 1.54) is 24.1 Å². The van der Waals surface area contributed by atoms with E-state index in [4.69, 9.17) is 0 Å². The van der Waals surface area contributed by atoms with Gasteiger partial charge in [-0.15, -0.1) is 0 Å². The molecule has 0 bridgehead atoms. The lowest BCUT2D eigenvalue weighted by Gasteiger charge is -2.35. The van der Waals surface area contributed by atoms with Crippen LogP contribution in [0.2, 0.25) is 0 Å². The minimum absolute atomic E-state index is 0.471. The van der Waals surface area contributed by atoms with Gasteiger partial charge in [-0.2, -0.15) is 5.10 Å². The van der Waals surface area contributed by atoms with Gasteiger partial charge in [-0.1, -0.05) is 6.07 Å². The fraction of sp³-hybridized carbons (Fsp3) is 0.364. The number of pyridine rings is 1. The average Bonchev–Trinajstić information content (AvgIpc) is 3.24. The SMILES string of the molecule is C[C@@H](Cc1cccnc1)NC1CCN(c2ccc(-n3cccn3)cc2)CC1. The Labute approximate surface area is 161 Å². The Bertz CT molecular complexity index is 806. The van der Waals surface area contributed by atoms with E-state index in [1.54, 1.807) is 6.20 Å². The molecule has 5 nitrogen and oxygen atoms in total.